The molecule has 3 N–H and O–H groups in total. The maximum Gasteiger partial charge on any atom is 0.243 e. The Bertz CT molecular complexity index is 463. The van der Waals surface area contributed by atoms with Crippen LogP contribution in [0.5, 0.6) is 0 Å². The van der Waals surface area contributed by atoms with E-state index in [0.717, 1.165) is 0 Å². The molecule has 2 amide bonds. The first kappa shape index (κ1) is 15.5. The number of hydrogen-bond acceptors (Lipinski definition) is 5. The Kier molecular flexibility index (Phi) is 5.70. The summed E-state index contributed by atoms with van der Waals surface area (Å²) in [5.74, 6) is -0.612. The molecule has 0 saturated carbocycles. The van der Waals surface area contributed by atoms with Crippen LogP contribution in [0.3, 0.4) is 0 Å². The zero-order valence-electron chi connectivity index (χ0n) is 11.7. The number of primary amides is 1. The van der Waals surface area contributed by atoms with Crippen molar-refractivity contribution < 1.29 is 19.1 Å². The number of aromatic nitrogens is 2. The molecule has 2 atom stereocenters. The van der Waals surface area contributed by atoms with Crippen molar-refractivity contribution in [2.75, 3.05) is 19.8 Å². The van der Waals surface area contributed by atoms with Crippen molar-refractivity contribution in [2.45, 2.75) is 31.5 Å². The van der Waals surface area contributed by atoms with Gasteiger partial charge >= 0.3 is 0 Å². The molecule has 0 aliphatic carbocycles. The average molecular weight is 296 g/mol. The van der Waals surface area contributed by atoms with E-state index in [0.29, 0.717) is 32.6 Å². The fourth-order valence-electron chi connectivity index (χ4n) is 2.17. The molecule has 1 saturated heterocycles. The molecule has 8 heteroatoms. The van der Waals surface area contributed by atoms with Crippen LogP contribution in [0.4, 0.5) is 0 Å². The molecule has 116 valence electrons. The number of imidazole rings is 1. The number of ether oxygens (including phenoxy) is 2. The van der Waals surface area contributed by atoms with Gasteiger partial charge in [-0.2, -0.15) is 0 Å². The van der Waals surface area contributed by atoms with Crippen molar-refractivity contribution in [1.29, 1.82) is 0 Å². The summed E-state index contributed by atoms with van der Waals surface area (Å²) in [6.45, 7) is 1.34. The van der Waals surface area contributed by atoms with Crippen LogP contribution >= 0.6 is 0 Å². The van der Waals surface area contributed by atoms with Gasteiger partial charge in [0.1, 0.15) is 6.61 Å². The first-order valence-corrected chi connectivity index (χ1v) is 6.88. The number of rotatable bonds is 7. The van der Waals surface area contributed by atoms with E-state index in [2.05, 4.69) is 10.3 Å². The van der Waals surface area contributed by atoms with Crippen molar-refractivity contribution in [3.05, 3.63) is 18.7 Å². The zero-order valence-corrected chi connectivity index (χ0v) is 11.7. The van der Waals surface area contributed by atoms with E-state index in [1.807, 2.05) is 4.57 Å². The molecule has 1 aliphatic rings. The van der Waals surface area contributed by atoms with Crippen LogP contribution in [0.2, 0.25) is 0 Å². The summed E-state index contributed by atoms with van der Waals surface area (Å²) in [7, 11) is 0. The molecule has 0 spiro atoms. The third-order valence-electron chi connectivity index (χ3n) is 3.24. The smallest absolute Gasteiger partial charge is 0.243 e. The molecule has 0 bridgehead atoms. The molecule has 8 nitrogen and oxygen atoms in total. The van der Waals surface area contributed by atoms with E-state index in [1.165, 1.54) is 0 Å². The summed E-state index contributed by atoms with van der Waals surface area (Å²) >= 11 is 0. The summed E-state index contributed by atoms with van der Waals surface area (Å²) < 4.78 is 12.6. The predicted molar refractivity (Wildman–Crippen MR) is 73.1 cm³/mol. The Labute approximate surface area is 122 Å². The summed E-state index contributed by atoms with van der Waals surface area (Å²) in [4.78, 5) is 26.6. The predicted octanol–water partition coefficient (Wildman–Crippen LogP) is -0.951. The molecule has 2 heterocycles. The second kappa shape index (κ2) is 7.75. The normalized spacial score (nSPS) is 21.9. The van der Waals surface area contributed by atoms with E-state index >= 15 is 0 Å². The third kappa shape index (κ3) is 5.16. The van der Waals surface area contributed by atoms with Crippen LogP contribution in [0.15, 0.2) is 18.7 Å². The minimum atomic E-state index is -0.522. The Morgan fingerprint density at radius 1 is 1.52 bits per heavy atom. The van der Waals surface area contributed by atoms with E-state index in [9.17, 15) is 9.59 Å². The molecule has 1 aliphatic heterocycles. The quantitative estimate of drug-likeness (QED) is 0.674. The molecule has 1 aromatic rings. The highest BCUT2D eigenvalue weighted by molar-refractivity contribution is 5.76. The topological polar surface area (TPSA) is 108 Å². The minimum absolute atomic E-state index is 0.0909. The second-order valence-electron chi connectivity index (χ2n) is 4.90. The average Bonchev–Trinajstić information content (AvgIpc) is 2.97. The zero-order chi connectivity index (χ0) is 15.1. The molecule has 21 heavy (non-hydrogen) atoms. The Morgan fingerprint density at radius 2 is 2.38 bits per heavy atom. The summed E-state index contributed by atoms with van der Waals surface area (Å²) in [5, 5.41) is 2.88. The summed E-state index contributed by atoms with van der Waals surface area (Å²) in [5.41, 5.74) is 5.07. The van der Waals surface area contributed by atoms with Crippen LogP contribution < -0.4 is 11.1 Å². The molecule has 1 aromatic heterocycles. The van der Waals surface area contributed by atoms with Crippen molar-refractivity contribution in [1.82, 2.24) is 14.9 Å². The maximum atomic E-state index is 11.9. The van der Waals surface area contributed by atoms with Gasteiger partial charge in [0.25, 0.3) is 0 Å². The number of amides is 2. The maximum absolute atomic E-state index is 11.9. The Morgan fingerprint density at radius 3 is 3.10 bits per heavy atom. The molecular formula is C13H20N4O4. The number of carbonyl (C=O) groups excluding carboxylic acids is 2. The van der Waals surface area contributed by atoms with Crippen LogP contribution in [0.1, 0.15) is 12.8 Å². The van der Waals surface area contributed by atoms with E-state index in [1.54, 1.807) is 18.7 Å². The van der Waals surface area contributed by atoms with Crippen LogP contribution in [0.25, 0.3) is 0 Å². The van der Waals surface area contributed by atoms with E-state index in [4.69, 9.17) is 15.2 Å². The highest BCUT2D eigenvalue weighted by Crippen LogP contribution is 2.12. The van der Waals surface area contributed by atoms with Gasteiger partial charge < -0.3 is 25.1 Å². The standard InChI is InChI=1S/C13H20N4O4/c14-12(18)8-21-11-2-6-20-7-10(11)16-13(19)1-4-17-5-3-15-9-17/h3,5,9-11H,1-2,4,6-8H2,(H2,14,18)(H,16,19)/t10-,11+/m0/s1. The van der Waals surface area contributed by atoms with E-state index < -0.39 is 5.91 Å². The third-order valence-corrected chi connectivity index (χ3v) is 3.24. The first-order chi connectivity index (χ1) is 10.1. The Hall–Kier alpha value is -1.93. The molecule has 1 fully saturated rings. The second-order valence-corrected chi connectivity index (χ2v) is 4.90. The largest absolute Gasteiger partial charge is 0.379 e. The monoisotopic (exact) mass is 296 g/mol. The van der Waals surface area contributed by atoms with Crippen LogP contribution in [-0.4, -0.2) is 53.3 Å². The van der Waals surface area contributed by atoms with Crippen LogP contribution in [-0.2, 0) is 25.6 Å². The van der Waals surface area contributed by atoms with Crippen molar-refractivity contribution in [3.8, 4) is 0 Å². The molecular weight excluding hydrogens is 276 g/mol. The lowest BCUT2D eigenvalue weighted by Gasteiger charge is -2.31. The van der Waals surface area contributed by atoms with Gasteiger partial charge in [0.2, 0.25) is 11.8 Å². The Balaban J connectivity index is 1.77. The number of nitrogens with two attached hydrogens (primary N) is 1. The SMILES string of the molecule is NC(=O)CO[C@@H]1CCOC[C@@H]1NC(=O)CCn1ccnc1. The number of hydrogen-bond donors (Lipinski definition) is 2. The van der Waals surface area contributed by atoms with Gasteiger partial charge in [-0.15, -0.1) is 0 Å². The van der Waals surface area contributed by atoms with E-state index in [-0.39, 0.29) is 24.7 Å². The number of aryl methyl sites for hydroxylation is 1. The summed E-state index contributed by atoms with van der Waals surface area (Å²) in [6, 6.07) is -0.256. The lowest BCUT2D eigenvalue weighted by molar-refractivity contribution is -0.131. The number of carbonyl (C=O) groups is 2. The fourth-order valence-corrected chi connectivity index (χ4v) is 2.17. The van der Waals surface area contributed by atoms with Crippen LogP contribution in [0, 0.1) is 0 Å². The van der Waals surface area contributed by atoms with Gasteiger partial charge in [-0.1, -0.05) is 0 Å². The lowest BCUT2D eigenvalue weighted by atomic mass is 10.1. The molecule has 2 rings (SSSR count). The van der Waals surface area contributed by atoms with Gasteiger partial charge in [0, 0.05) is 32.0 Å². The van der Waals surface area contributed by atoms with Gasteiger partial charge in [-0.25, -0.2) is 4.98 Å². The highest BCUT2D eigenvalue weighted by Gasteiger charge is 2.28. The van der Waals surface area contributed by atoms with Crippen molar-refractivity contribution in [2.24, 2.45) is 5.73 Å². The van der Waals surface area contributed by atoms with Gasteiger partial charge in [0.15, 0.2) is 0 Å². The van der Waals surface area contributed by atoms with Crippen molar-refractivity contribution in [3.63, 3.8) is 0 Å². The summed E-state index contributed by atoms with van der Waals surface area (Å²) in [6.07, 6.45) is 5.85. The lowest BCUT2D eigenvalue weighted by Crippen LogP contribution is -2.51. The first-order valence-electron chi connectivity index (χ1n) is 6.88. The number of nitrogens with zero attached hydrogens (tertiary/aromatic N) is 2. The minimum Gasteiger partial charge on any atom is -0.379 e. The molecule has 0 unspecified atom stereocenters. The van der Waals surface area contributed by atoms with Gasteiger partial charge in [-0.05, 0) is 6.42 Å². The molecule has 0 radical (unpaired) electrons. The number of nitrogens with one attached hydrogen (secondary N) is 1. The van der Waals surface area contributed by atoms with Gasteiger partial charge in [0.05, 0.1) is 25.1 Å². The van der Waals surface area contributed by atoms with Gasteiger partial charge in [-0.3, -0.25) is 9.59 Å². The van der Waals surface area contributed by atoms with Crippen molar-refractivity contribution >= 4 is 11.8 Å². The fraction of sp³-hybridized carbons (Fsp3) is 0.615. The molecule has 0 aromatic carbocycles. The highest BCUT2D eigenvalue weighted by atomic mass is 16.5.